The molecule has 0 bridgehead atoms. The maximum Gasteiger partial charge on any atom is 0.253 e. The molecule has 1 aliphatic heterocycles. The van der Waals surface area contributed by atoms with Crippen molar-refractivity contribution in [2.45, 2.75) is 32.6 Å². The van der Waals surface area contributed by atoms with E-state index in [4.69, 9.17) is 4.74 Å². The van der Waals surface area contributed by atoms with Gasteiger partial charge in [0.15, 0.2) is 0 Å². The molecule has 1 saturated heterocycles. The summed E-state index contributed by atoms with van der Waals surface area (Å²) in [5, 5.41) is 3.47. The lowest BCUT2D eigenvalue weighted by Gasteiger charge is -2.32. The molecule has 3 rings (SSSR count). The SMILES string of the molecule is CCN(CC)C(=O)c1ccc(C(c2cccc(OC)c2)C2CCNCC2)cc1.Cl. The molecule has 1 N–H and O–H groups in total. The van der Waals surface area contributed by atoms with E-state index >= 15 is 0 Å². The average Bonchev–Trinajstić information content (AvgIpc) is 2.76. The lowest BCUT2D eigenvalue weighted by molar-refractivity contribution is 0.0773. The molecule has 4 nitrogen and oxygen atoms in total. The van der Waals surface area contributed by atoms with E-state index in [1.807, 2.05) is 36.9 Å². The number of nitrogens with one attached hydrogen (secondary N) is 1. The van der Waals surface area contributed by atoms with Crippen LogP contribution in [0.2, 0.25) is 0 Å². The molecule has 0 saturated carbocycles. The first-order valence-electron chi connectivity index (χ1n) is 10.4. The highest BCUT2D eigenvalue weighted by Crippen LogP contribution is 2.38. The number of piperidine rings is 1. The Hall–Kier alpha value is -2.04. The van der Waals surface area contributed by atoms with Crippen LogP contribution in [-0.4, -0.2) is 44.1 Å². The van der Waals surface area contributed by atoms with Crippen molar-refractivity contribution in [2.75, 3.05) is 33.3 Å². The van der Waals surface area contributed by atoms with Crippen LogP contribution in [-0.2, 0) is 0 Å². The number of hydrogen-bond acceptors (Lipinski definition) is 3. The molecular weight excluding hydrogens is 384 g/mol. The van der Waals surface area contributed by atoms with E-state index in [1.165, 1.54) is 11.1 Å². The van der Waals surface area contributed by atoms with Crippen LogP contribution < -0.4 is 10.1 Å². The largest absolute Gasteiger partial charge is 0.497 e. The number of carbonyl (C=O) groups excluding carboxylic acids is 1. The highest BCUT2D eigenvalue weighted by atomic mass is 35.5. The fraction of sp³-hybridized carbons (Fsp3) is 0.458. The molecular formula is C24H33ClN2O2. The zero-order valence-electron chi connectivity index (χ0n) is 17.7. The van der Waals surface area contributed by atoms with Gasteiger partial charge in [0.2, 0.25) is 0 Å². The summed E-state index contributed by atoms with van der Waals surface area (Å²) >= 11 is 0. The molecule has 0 spiro atoms. The molecule has 2 aromatic carbocycles. The van der Waals surface area contributed by atoms with Gasteiger partial charge in [-0.05, 0) is 81.1 Å². The van der Waals surface area contributed by atoms with Gasteiger partial charge in [-0.25, -0.2) is 0 Å². The molecule has 2 aromatic rings. The lowest BCUT2D eigenvalue weighted by Crippen LogP contribution is -2.31. The van der Waals surface area contributed by atoms with Crippen LogP contribution in [0, 0.1) is 5.92 Å². The molecule has 1 unspecified atom stereocenters. The Morgan fingerprint density at radius 1 is 1.07 bits per heavy atom. The first-order valence-corrected chi connectivity index (χ1v) is 10.4. The van der Waals surface area contributed by atoms with Gasteiger partial charge in [-0.15, -0.1) is 12.4 Å². The Morgan fingerprint density at radius 2 is 1.72 bits per heavy atom. The number of rotatable bonds is 7. The van der Waals surface area contributed by atoms with Crippen LogP contribution in [0.5, 0.6) is 5.75 Å². The van der Waals surface area contributed by atoms with Gasteiger partial charge in [-0.3, -0.25) is 4.79 Å². The van der Waals surface area contributed by atoms with Crippen molar-refractivity contribution < 1.29 is 9.53 Å². The van der Waals surface area contributed by atoms with Crippen molar-refractivity contribution >= 4 is 18.3 Å². The Labute approximate surface area is 181 Å². The monoisotopic (exact) mass is 416 g/mol. The normalized spacial score (nSPS) is 15.3. The summed E-state index contributed by atoms with van der Waals surface area (Å²) in [5.41, 5.74) is 3.33. The van der Waals surface area contributed by atoms with E-state index in [0.717, 1.165) is 50.3 Å². The van der Waals surface area contributed by atoms with Gasteiger partial charge >= 0.3 is 0 Å². The van der Waals surface area contributed by atoms with E-state index in [-0.39, 0.29) is 18.3 Å². The minimum atomic E-state index is 0. The number of carbonyl (C=O) groups is 1. The number of methoxy groups -OCH3 is 1. The third kappa shape index (κ3) is 5.52. The zero-order chi connectivity index (χ0) is 19.9. The Bertz CT molecular complexity index is 769. The molecule has 5 heteroatoms. The number of nitrogens with zero attached hydrogens (tertiary/aromatic N) is 1. The van der Waals surface area contributed by atoms with E-state index in [1.54, 1.807) is 7.11 Å². The number of halogens is 1. The van der Waals surface area contributed by atoms with Crippen LogP contribution in [0.25, 0.3) is 0 Å². The summed E-state index contributed by atoms with van der Waals surface area (Å²) in [6.07, 6.45) is 2.31. The highest BCUT2D eigenvalue weighted by molar-refractivity contribution is 5.94. The van der Waals surface area contributed by atoms with Gasteiger partial charge in [0.05, 0.1) is 7.11 Å². The summed E-state index contributed by atoms with van der Waals surface area (Å²) in [6.45, 7) is 7.63. The van der Waals surface area contributed by atoms with E-state index in [0.29, 0.717) is 11.8 Å². The third-order valence-corrected chi connectivity index (χ3v) is 5.88. The van der Waals surface area contributed by atoms with Crippen molar-refractivity contribution in [3.8, 4) is 5.75 Å². The molecule has 29 heavy (non-hydrogen) atoms. The summed E-state index contributed by atoms with van der Waals surface area (Å²) in [4.78, 5) is 14.5. The maximum absolute atomic E-state index is 12.6. The molecule has 1 heterocycles. The van der Waals surface area contributed by atoms with E-state index in [2.05, 4.69) is 35.6 Å². The molecule has 158 valence electrons. The number of hydrogen-bond donors (Lipinski definition) is 1. The van der Waals surface area contributed by atoms with Crippen molar-refractivity contribution in [1.82, 2.24) is 10.2 Å². The second kappa shape index (κ2) is 11.2. The lowest BCUT2D eigenvalue weighted by atomic mass is 9.76. The van der Waals surface area contributed by atoms with Crippen LogP contribution in [0.15, 0.2) is 48.5 Å². The Balaban J connectivity index is 0.00000300. The van der Waals surface area contributed by atoms with Gasteiger partial charge < -0.3 is 15.0 Å². The molecule has 1 atom stereocenters. The second-order valence-corrected chi connectivity index (χ2v) is 7.44. The van der Waals surface area contributed by atoms with Gasteiger partial charge in [-0.2, -0.15) is 0 Å². The van der Waals surface area contributed by atoms with Gasteiger partial charge in [0, 0.05) is 24.6 Å². The van der Waals surface area contributed by atoms with Gasteiger partial charge in [0.1, 0.15) is 5.75 Å². The molecule has 0 aliphatic carbocycles. The quantitative estimate of drug-likeness (QED) is 0.709. The fourth-order valence-electron chi connectivity index (χ4n) is 4.28. The summed E-state index contributed by atoms with van der Waals surface area (Å²) in [5.74, 6) is 1.90. The van der Waals surface area contributed by atoms with E-state index < -0.39 is 0 Å². The minimum Gasteiger partial charge on any atom is -0.497 e. The average molecular weight is 417 g/mol. The summed E-state index contributed by atoms with van der Waals surface area (Å²) in [7, 11) is 1.71. The first kappa shape index (κ1) is 23.2. The van der Waals surface area contributed by atoms with Crippen molar-refractivity contribution in [2.24, 2.45) is 5.92 Å². The topological polar surface area (TPSA) is 41.6 Å². The Kier molecular flexibility index (Phi) is 8.99. The number of benzene rings is 2. The molecule has 0 radical (unpaired) electrons. The molecule has 1 fully saturated rings. The van der Waals surface area contributed by atoms with Crippen molar-refractivity contribution in [1.29, 1.82) is 0 Å². The van der Waals surface area contributed by atoms with Crippen LogP contribution in [0.1, 0.15) is 54.1 Å². The zero-order valence-corrected chi connectivity index (χ0v) is 18.5. The third-order valence-electron chi connectivity index (χ3n) is 5.88. The van der Waals surface area contributed by atoms with Gasteiger partial charge in [0.25, 0.3) is 5.91 Å². The number of amides is 1. The first-order chi connectivity index (χ1) is 13.7. The highest BCUT2D eigenvalue weighted by Gasteiger charge is 2.27. The maximum atomic E-state index is 12.6. The molecule has 1 aliphatic rings. The van der Waals surface area contributed by atoms with Crippen LogP contribution in [0.3, 0.4) is 0 Å². The molecule has 0 aromatic heterocycles. The Morgan fingerprint density at radius 3 is 2.31 bits per heavy atom. The second-order valence-electron chi connectivity index (χ2n) is 7.44. The van der Waals surface area contributed by atoms with Crippen LogP contribution in [0.4, 0.5) is 0 Å². The standard InChI is InChI=1S/C24H32N2O2.ClH/c1-4-26(5-2)24(27)20-11-9-18(10-12-20)23(19-13-15-25-16-14-19)21-7-6-8-22(17-21)28-3;/h6-12,17,19,23,25H,4-5,13-16H2,1-3H3;1H. The van der Waals surface area contributed by atoms with Gasteiger partial charge in [-0.1, -0.05) is 24.3 Å². The minimum absolute atomic E-state index is 0. The summed E-state index contributed by atoms with van der Waals surface area (Å²) in [6, 6.07) is 16.7. The smallest absolute Gasteiger partial charge is 0.253 e. The fourth-order valence-corrected chi connectivity index (χ4v) is 4.28. The summed E-state index contributed by atoms with van der Waals surface area (Å²) < 4.78 is 5.47. The van der Waals surface area contributed by atoms with Crippen molar-refractivity contribution in [3.05, 3.63) is 65.2 Å². The van der Waals surface area contributed by atoms with E-state index in [9.17, 15) is 4.79 Å². The number of ether oxygens (including phenoxy) is 1. The predicted octanol–water partition coefficient (Wildman–Crippen LogP) is 4.73. The predicted molar refractivity (Wildman–Crippen MR) is 121 cm³/mol. The molecule has 1 amide bonds. The van der Waals surface area contributed by atoms with Crippen LogP contribution >= 0.6 is 12.4 Å². The van der Waals surface area contributed by atoms with Crippen molar-refractivity contribution in [3.63, 3.8) is 0 Å².